The molecule has 1 aromatic heterocycles. The summed E-state index contributed by atoms with van der Waals surface area (Å²) in [5.41, 5.74) is 10.7. The monoisotopic (exact) mass is 386 g/mol. The summed E-state index contributed by atoms with van der Waals surface area (Å²) in [5.74, 6) is 0.963. The van der Waals surface area contributed by atoms with E-state index in [-0.39, 0.29) is 11.9 Å². The Morgan fingerprint density at radius 2 is 1.83 bits per heavy atom. The number of anilines is 1. The number of amides is 1. The number of benzene rings is 2. The first-order valence-electron chi connectivity index (χ1n) is 10.4. The predicted molar refractivity (Wildman–Crippen MR) is 113 cm³/mol. The first kappa shape index (κ1) is 18.1. The van der Waals surface area contributed by atoms with E-state index < -0.39 is 0 Å². The molecule has 2 N–H and O–H groups in total. The minimum absolute atomic E-state index is 0.209. The number of hydrogen-bond donors (Lipinski definition) is 1. The smallest absolute Gasteiger partial charge is 0.227 e. The molecule has 2 fully saturated rings. The van der Waals surface area contributed by atoms with Gasteiger partial charge in [0.2, 0.25) is 5.91 Å². The lowest BCUT2D eigenvalue weighted by Gasteiger charge is -2.48. The number of nitrogens with zero attached hydrogens (tertiary/aromatic N) is 3. The van der Waals surface area contributed by atoms with E-state index in [1.165, 1.54) is 12.0 Å². The van der Waals surface area contributed by atoms with Crippen LogP contribution in [0.25, 0.3) is 0 Å². The molecule has 1 saturated carbocycles. The molecule has 5 nitrogen and oxygen atoms in total. The van der Waals surface area contributed by atoms with Gasteiger partial charge in [0, 0.05) is 24.7 Å². The number of nitrogens with two attached hydrogens (primary N) is 1. The van der Waals surface area contributed by atoms with Gasteiger partial charge in [-0.3, -0.25) is 4.79 Å². The minimum atomic E-state index is -0.209. The van der Waals surface area contributed by atoms with Crippen molar-refractivity contribution < 1.29 is 4.79 Å². The Morgan fingerprint density at radius 1 is 1.03 bits per heavy atom. The summed E-state index contributed by atoms with van der Waals surface area (Å²) in [5, 5.41) is 0. The molecule has 5 rings (SSSR count). The van der Waals surface area contributed by atoms with Crippen LogP contribution in [0.3, 0.4) is 0 Å². The summed E-state index contributed by atoms with van der Waals surface area (Å²) < 4.78 is 2.10. The third-order valence-electron chi connectivity index (χ3n) is 6.50. The normalized spacial score (nSPS) is 22.1. The van der Waals surface area contributed by atoms with Crippen LogP contribution < -0.4 is 10.6 Å². The van der Waals surface area contributed by atoms with Gasteiger partial charge in [-0.1, -0.05) is 42.5 Å². The van der Waals surface area contributed by atoms with Gasteiger partial charge in [-0.05, 0) is 48.4 Å². The first-order chi connectivity index (χ1) is 14.2. The maximum atomic E-state index is 12.5. The van der Waals surface area contributed by atoms with E-state index in [1.54, 1.807) is 0 Å². The number of hydrogen-bond acceptors (Lipinski definition) is 3. The Hall–Kier alpha value is -2.92. The SMILES string of the molecule is NC(c1ccccc1)c1cncn1Cc1ccc(N2C(=O)CCC3CC[C@@H]32)cc1. The van der Waals surface area contributed by atoms with Crippen LogP contribution in [0.15, 0.2) is 67.1 Å². The molecule has 29 heavy (non-hydrogen) atoms. The largest absolute Gasteiger partial charge is 0.328 e. The molecular formula is C24H26N4O. The summed E-state index contributed by atoms with van der Waals surface area (Å²) >= 11 is 0. The van der Waals surface area contributed by atoms with Gasteiger partial charge in [0.1, 0.15) is 0 Å². The predicted octanol–water partition coefficient (Wildman–Crippen LogP) is 3.88. The Balaban J connectivity index is 1.34. The fraction of sp³-hybridized carbons (Fsp3) is 0.333. The topological polar surface area (TPSA) is 64.2 Å². The van der Waals surface area contributed by atoms with Crippen molar-refractivity contribution in [1.82, 2.24) is 9.55 Å². The van der Waals surface area contributed by atoms with Crippen LogP contribution >= 0.6 is 0 Å². The minimum Gasteiger partial charge on any atom is -0.328 e. The van der Waals surface area contributed by atoms with E-state index in [0.717, 1.165) is 29.8 Å². The Labute approximate surface area is 171 Å². The molecule has 2 aliphatic rings. The molecule has 3 aromatic rings. The molecule has 0 spiro atoms. The number of imidazole rings is 1. The van der Waals surface area contributed by atoms with Crippen LogP contribution in [-0.4, -0.2) is 21.5 Å². The van der Waals surface area contributed by atoms with Crippen molar-refractivity contribution in [2.45, 2.75) is 44.3 Å². The average molecular weight is 386 g/mol. The molecular weight excluding hydrogens is 360 g/mol. The molecule has 1 amide bonds. The van der Waals surface area contributed by atoms with Gasteiger partial charge in [0.25, 0.3) is 0 Å². The van der Waals surface area contributed by atoms with Gasteiger partial charge >= 0.3 is 0 Å². The van der Waals surface area contributed by atoms with Crippen LogP contribution in [0.2, 0.25) is 0 Å². The first-order valence-corrected chi connectivity index (χ1v) is 10.4. The summed E-state index contributed by atoms with van der Waals surface area (Å²) in [4.78, 5) is 18.8. The zero-order valence-corrected chi connectivity index (χ0v) is 16.4. The molecule has 0 radical (unpaired) electrons. The van der Waals surface area contributed by atoms with Crippen molar-refractivity contribution in [3.63, 3.8) is 0 Å². The summed E-state index contributed by atoms with van der Waals surface area (Å²) in [6.07, 6.45) is 7.81. The third-order valence-corrected chi connectivity index (χ3v) is 6.50. The number of aromatic nitrogens is 2. The van der Waals surface area contributed by atoms with E-state index >= 15 is 0 Å². The second-order valence-corrected chi connectivity index (χ2v) is 8.21. The molecule has 5 heteroatoms. The Morgan fingerprint density at radius 3 is 2.55 bits per heavy atom. The number of carbonyl (C=O) groups is 1. The van der Waals surface area contributed by atoms with E-state index in [1.807, 2.05) is 47.8 Å². The van der Waals surface area contributed by atoms with Crippen molar-refractivity contribution >= 4 is 11.6 Å². The van der Waals surface area contributed by atoms with Crippen LogP contribution in [0.5, 0.6) is 0 Å². The number of piperidine rings is 1. The number of carbonyl (C=O) groups excluding carboxylic acids is 1. The lowest BCUT2D eigenvalue weighted by Crippen LogP contribution is -2.54. The highest BCUT2D eigenvalue weighted by molar-refractivity contribution is 5.95. The van der Waals surface area contributed by atoms with Gasteiger partial charge in [-0.25, -0.2) is 4.98 Å². The molecule has 1 saturated heterocycles. The van der Waals surface area contributed by atoms with Gasteiger partial charge in [0.15, 0.2) is 0 Å². The lowest BCUT2D eigenvalue weighted by atomic mass is 9.73. The highest BCUT2D eigenvalue weighted by atomic mass is 16.2. The number of fused-ring (bicyclic) bond motifs is 1. The second kappa shape index (κ2) is 7.48. The van der Waals surface area contributed by atoms with Crippen molar-refractivity contribution in [1.29, 1.82) is 0 Å². The zero-order valence-electron chi connectivity index (χ0n) is 16.4. The van der Waals surface area contributed by atoms with Gasteiger partial charge in [-0.2, -0.15) is 0 Å². The summed E-state index contributed by atoms with van der Waals surface area (Å²) in [6, 6.07) is 18.7. The molecule has 2 unspecified atom stereocenters. The Kier molecular flexibility index (Phi) is 4.68. The third kappa shape index (κ3) is 3.36. The van der Waals surface area contributed by atoms with Crippen LogP contribution in [0.4, 0.5) is 5.69 Å². The number of rotatable bonds is 5. The van der Waals surface area contributed by atoms with Crippen LogP contribution in [0.1, 0.15) is 48.5 Å². The molecule has 2 aromatic carbocycles. The van der Waals surface area contributed by atoms with Gasteiger partial charge in [0.05, 0.1) is 24.3 Å². The summed E-state index contributed by atoms with van der Waals surface area (Å²) in [6.45, 7) is 0.705. The molecule has 148 valence electrons. The quantitative estimate of drug-likeness (QED) is 0.724. The maximum absolute atomic E-state index is 12.5. The van der Waals surface area contributed by atoms with Crippen molar-refractivity contribution in [3.05, 3.63) is 83.9 Å². The molecule has 1 aliphatic carbocycles. The molecule has 2 heterocycles. The fourth-order valence-electron chi connectivity index (χ4n) is 4.69. The average Bonchev–Trinajstić information content (AvgIpc) is 3.19. The van der Waals surface area contributed by atoms with Gasteiger partial charge < -0.3 is 15.2 Å². The van der Waals surface area contributed by atoms with Crippen LogP contribution in [0, 0.1) is 5.92 Å². The zero-order chi connectivity index (χ0) is 19.8. The standard InChI is InChI=1S/C24H26N4O/c25-24(19-4-2-1-3-5-19)22-14-26-16-27(22)15-17-6-10-20(11-7-17)28-21-12-8-18(21)9-13-23(28)29/h1-7,10-11,14,16,18,21,24H,8-9,12-13,15,25H2/t18?,21-,24?/m0/s1. The van der Waals surface area contributed by atoms with E-state index in [2.05, 4.69) is 33.8 Å². The summed E-state index contributed by atoms with van der Waals surface area (Å²) in [7, 11) is 0. The van der Waals surface area contributed by atoms with E-state index in [9.17, 15) is 4.79 Å². The fourth-order valence-corrected chi connectivity index (χ4v) is 4.69. The van der Waals surface area contributed by atoms with Crippen molar-refractivity contribution in [2.75, 3.05) is 4.90 Å². The van der Waals surface area contributed by atoms with E-state index in [0.29, 0.717) is 24.9 Å². The lowest BCUT2D eigenvalue weighted by molar-refractivity contribution is -0.122. The van der Waals surface area contributed by atoms with E-state index in [4.69, 9.17) is 5.73 Å². The second-order valence-electron chi connectivity index (χ2n) is 8.21. The maximum Gasteiger partial charge on any atom is 0.227 e. The highest BCUT2D eigenvalue weighted by Gasteiger charge is 2.42. The molecule has 1 aliphatic heterocycles. The molecule has 3 atom stereocenters. The van der Waals surface area contributed by atoms with Crippen molar-refractivity contribution in [2.24, 2.45) is 11.7 Å². The van der Waals surface area contributed by atoms with Gasteiger partial charge in [-0.15, -0.1) is 0 Å². The van der Waals surface area contributed by atoms with Crippen molar-refractivity contribution in [3.8, 4) is 0 Å². The van der Waals surface area contributed by atoms with Crippen LogP contribution in [-0.2, 0) is 11.3 Å². The highest BCUT2D eigenvalue weighted by Crippen LogP contribution is 2.41. The molecule has 0 bridgehead atoms. The Bertz CT molecular complexity index is 995.